The Morgan fingerprint density at radius 2 is 1.87 bits per heavy atom. The summed E-state index contributed by atoms with van der Waals surface area (Å²) < 4.78 is 11.6. The van der Waals surface area contributed by atoms with E-state index < -0.39 is 0 Å². The standard InChI is InChI=1S/C18H18N2O2.ClH/c19-14-9-10-16(14)21-11-12-5-7-13(8-6-12)18-20-15-3-1-2-4-17(15)22-18;/h1-8,14,16H,9-11,19H2;1H/t14-,16+;/m1./s1. The van der Waals surface area contributed by atoms with Gasteiger partial charge in [-0.3, -0.25) is 0 Å². The van der Waals surface area contributed by atoms with Gasteiger partial charge in [0, 0.05) is 11.6 Å². The molecule has 2 N–H and O–H groups in total. The fourth-order valence-electron chi connectivity index (χ4n) is 2.64. The van der Waals surface area contributed by atoms with Gasteiger partial charge >= 0.3 is 0 Å². The number of hydrogen-bond donors (Lipinski definition) is 1. The summed E-state index contributed by atoms with van der Waals surface area (Å²) in [6.45, 7) is 0.603. The summed E-state index contributed by atoms with van der Waals surface area (Å²) in [6, 6.07) is 16.1. The summed E-state index contributed by atoms with van der Waals surface area (Å²) in [5, 5.41) is 0. The molecule has 0 radical (unpaired) electrons. The van der Waals surface area contributed by atoms with Crippen molar-refractivity contribution < 1.29 is 9.15 Å². The molecule has 1 aliphatic carbocycles. The molecule has 0 amide bonds. The summed E-state index contributed by atoms with van der Waals surface area (Å²) in [7, 11) is 0. The summed E-state index contributed by atoms with van der Waals surface area (Å²) in [4.78, 5) is 4.50. The van der Waals surface area contributed by atoms with Gasteiger partial charge in [0.15, 0.2) is 5.58 Å². The van der Waals surface area contributed by atoms with Crippen molar-refractivity contribution >= 4 is 23.5 Å². The molecule has 0 saturated heterocycles. The molecule has 0 spiro atoms. The molecule has 120 valence electrons. The highest BCUT2D eigenvalue weighted by molar-refractivity contribution is 5.85. The second-order valence-corrected chi connectivity index (χ2v) is 5.77. The number of fused-ring (bicyclic) bond motifs is 1. The lowest BCUT2D eigenvalue weighted by Crippen LogP contribution is -2.45. The first kappa shape index (κ1) is 16.0. The van der Waals surface area contributed by atoms with E-state index in [0.29, 0.717) is 12.5 Å². The van der Waals surface area contributed by atoms with E-state index in [1.807, 2.05) is 48.5 Å². The number of halogens is 1. The van der Waals surface area contributed by atoms with E-state index in [1.165, 1.54) is 0 Å². The molecule has 5 heteroatoms. The van der Waals surface area contributed by atoms with Crippen LogP contribution in [-0.2, 0) is 11.3 Å². The minimum atomic E-state index is 0. The molecule has 1 aliphatic rings. The van der Waals surface area contributed by atoms with E-state index >= 15 is 0 Å². The Bertz CT molecular complexity index is 752. The van der Waals surface area contributed by atoms with Crippen LogP contribution in [0.25, 0.3) is 22.6 Å². The molecule has 2 aromatic carbocycles. The monoisotopic (exact) mass is 330 g/mol. The topological polar surface area (TPSA) is 61.3 Å². The maximum atomic E-state index is 5.88. The highest BCUT2D eigenvalue weighted by Crippen LogP contribution is 2.25. The molecule has 2 atom stereocenters. The lowest BCUT2D eigenvalue weighted by Gasteiger charge is -2.33. The van der Waals surface area contributed by atoms with Crippen LogP contribution in [-0.4, -0.2) is 17.1 Å². The molecule has 4 rings (SSSR count). The van der Waals surface area contributed by atoms with E-state index in [1.54, 1.807) is 0 Å². The fourth-order valence-corrected chi connectivity index (χ4v) is 2.64. The maximum absolute atomic E-state index is 5.88. The Hall–Kier alpha value is -1.88. The number of benzene rings is 2. The van der Waals surface area contributed by atoms with Gasteiger partial charge in [-0.25, -0.2) is 4.98 Å². The normalized spacial score (nSPS) is 20.0. The molecule has 0 aliphatic heterocycles. The second-order valence-electron chi connectivity index (χ2n) is 5.77. The molecule has 3 aromatic rings. The Morgan fingerprint density at radius 3 is 2.52 bits per heavy atom. The first-order valence-corrected chi connectivity index (χ1v) is 7.62. The first-order chi connectivity index (χ1) is 10.8. The number of rotatable bonds is 4. The Labute approximate surface area is 141 Å². The van der Waals surface area contributed by atoms with E-state index in [0.717, 1.165) is 35.1 Å². The summed E-state index contributed by atoms with van der Waals surface area (Å²) in [6.07, 6.45) is 2.36. The van der Waals surface area contributed by atoms with Gasteiger partial charge in [0.2, 0.25) is 5.89 Å². The summed E-state index contributed by atoms with van der Waals surface area (Å²) in [5.74, 6) is 0.648. The maximum Gasteiger partial charge on any atom is 0.227 e. The van der Waals surface area contributed by atoms with Crippen LogP contribution in [0.2, 0.25) is 0 Å². The van der Waals surface area contributed by atoms with Crippen molar-refractivity contribution in [2.24, 2.45) is 5.73 Å². The van der Waals surface area contributed by atoms with Gasteiger partial charge in [-0.1, -0.05) is 24.3 Å². The summed E-state index contributed by atoms with van der Waals surface area (Å²) in [5.41, 5.74) is 9.68. The van der Waals surface area contributed by atoms with E-state index in [-0.39, 0.29) is 24.6 Å². The minimum absolute atomic E-state index is 0. The smallest absolute Gasteiger partial charge is 0.227 e. The lowest BCUT2D eigenvalue weighted by atomic mass is 9.90. The zero-order chi connectivity index (χ0) is 14.9. The van der Waals surface area contributed by atoms with E-state index in [2.05, 4.69) is 4.98 Å². The summed E-state index contributed by atoms with van der Waals surface area (Å²) >= 11 is 0. The van der Waals surface area contributed by atoms with Gasteiger partial charge in [-0.2, -0.15) is 0 Å². The molecule has 23 heavy (non-hydrogen) atoms. The molecular formula is C18H19ClN2O2. The van der Waals surface area contributed by atoms with Gasteiger partial charge in [-0.15, -0.1) is 12.4 Å². The minimum Gasteiger partial charge on any atom is -0.436 e. The third-order valence-electron chi connectivity index (χ3n) is 4.22. The van der Waals surface area contributed by atoms with Crippen molar-refractivity contribution in [3.05, 3.63) is 54.1 Å². The van der Waals surface area contributed by atoms with Gasteiger partial charge in [0.25, 0.3) is 0 Å². The molecule has 4 nitrogen and oxygen atoms in total. The zero-order valence-corrected chi connectivity index (χ0v) is 13.5. The van der Waals surface area contributed by atoms with Crippen molar-refractivity contribution in [1.82, 2.24) is 4.98 Å². The average Bonchev–Trinajstić information content (AvgIpc) is 2.98. The van der Waals surface area contributed by atoms with Crippen molar-refractivity contribution in [2.45, 2.75) is 31.6 Å². The quantitative estimate of drug-likeness (QED) is 0.787. The SMILES string of the molecule is Cl.N[C@@H]1CC[C@@H]1OCc1ccc(-c2nc3ccccc3o2)cc1. The Balaban J connectivity index is 0.00000156. The molecule has 1 heterocycles. The van der Waals surface area contributed by atoms with Gasteiger partial charge in [0.1, 0.15) is 5.52 Å². The van der Waals surface area contributed by atoms with Crippen LogP contribution in [0.5, 0.6) is 0 Å². The highest BCUT2D eigenvalue weighted by Gasteiger charge is 2.27. The van der Waals surface area contributed by atoms with Crippen molar-refractivity contribution in [2.75, 3.05) is 0 Å². The first-order valence-electron chi connectivity index (χ1n) is 7.62. The van der Waals surface area contributed by atoms with Gasteiger partial charge in [-0.05, 0) is 42.7 Å². The predicted molar refractivity (Wildman–Crippen MR) is 92.5 cm³/mol. The van der Waals surface area contributed by atoms with Crippen molar-refractivity contribution in [3.8, 4) is 11.5 Å². The van der Waals surface area contributed by atoms with Gasteiger partial charge < -0.3 is 14.9 Å². The van der Waals surface area contributed by atoms with E-state index in [9.17, 15) is 0 Å². The van der Waals surface area contributed by atoms with Crippen molar-refractivity contribution in [3.63, 3.8) is 0 Å². The lowest BCUT2D eigenvalue weighted by molar-refractivity contribution is -0.0245. The van der Waals surface area contributed by atoms with Crippen LogP contribution >= 0.6 is 12.4 Å². The molecule has 1 fully saturated rings. The number of ether oxygens (including phenoxy) is 1. The molecular weight excluding hydrogens is 312 g/mol. The number of oxazole rings is 1. The van der Waals surface area contributed by atoms with Crippen LogP contribution in [0.15, 0.2) is 52.9 Å². The molecule has 0 bridgehead atoms. The number of nitrogens with zero attached hydrogens (tertiary/aromatic N) is 1. The van der Waals surface area contributed by atoms with Crippen LogP contribution in [0.1, 0.15) is 18.4 Å². The number of nitrogens with two attached hydrogens (primary N) is 1. The van der Waals surface area contributed by atoms with Crippen LogP contribution in [0, 0.1) is 0 Å². The Kier molecular flexibility index (Phi) is 4.66. The van der Waals surface area contributed by atoms with E-state index in [4.69, 9.17) is 14.9 Å². The largest absolute Gasteiger partial charge is 0.436 e. The number of hydrogen-bond acceptors (Lipinski definition) is 4. The van der Waals surface area contributed by atoms with Crippen LogP contribution in [0.4, 0.5) is 0 Å². The predicted octanol–water partition coefficient (Wildman–Crippen LogP) is 3.92. The number of para-hydroxylation sites is 2. The second kappa shape index (κ2) is 6.71. The fraction of sp³-hybridized carbons (Fsp3) is 0.278. The van der Waals surface area contributed by atoms with Crippen LogP contribution in [0.3, 0.4) is 0 Å². The van der Waals surface area contributed by atoms with Crippen LogP contribution < -0.4 is 5.73 Å². The molecule has 1 aromatic heterocycles. The highest BCUT2D eigenvalue weighted by atomic mass is 35.5. The Morgan fingerprint density at radius 1 is 1.09 bits per heavy atom. The van der Waals surface area contributed by atoms with Crippen molar-refractivity contribution in [1.29, 1.82) is 0 Å². The molecule has 0 unspecified atom stereocenters. The van der Waals surface area contributed by atoms with Gasteiger partial charge in [0.05, 0.1) is 12.7 Å². The average molecular weight is 331 g/mol. The third kappa shape index (κ3) is 3.24. The number of aromatic nitrogens is 1. The zero-order valence-electron chi connectivity index (χ0n) is 12.6. The third-order valence-corrected chi connectivity index (χ3v) is 4.22. The molecule has 1 saturated carbocycles.